The molecule has 0 aliphatic heterocycles. The van der Waals surface area contributed by atoms with Crippen LogP contribution < -0.4 is 10.1 Å². The number of hydrogen-bond donors (Lipinski definition) is 2. The first-order valence-corrected chi connectivity index (χ1v) is 6.26. The predicted octanol–water partition coefficient (Wildman–Crippen LogP) is 1.65. The third-order valence-corrected chi connectivity index (χ3v) is 2.52. The fourth-order valence-electron chi connectivity index (χ4n) is 1.57. The van der Waals surface area contributed by atoms with E-state index in [1.807, 2.05) is 38.1 Å². The molecule has 0 aromatic heterocycles. The number of aryl methyl sites for hydroxylation is 1. The molecular weight excluding hydrogens is 230 g/mol. The first-order valence-electron chi connectivity index (χ1n) is 6.26. The molecule has 1 aromatic carbocycles. The van der Waals surface area contributed by atoms with Crippen molar-refractivity contribution in [1.82, 2.24) is 5.32 Å². The van der Waals surface area contributed by atoms with Crippen molar-refractivity contribution in [2.45, 2.75) is 32.8 Å². The van der Waals surface area contributed by atoms with Gasteiger partial charge in [-0.05, 0) is 31.0 Å². The Hall–Kier alpha value is -1.55. The third-order valence-electron chi connectivity index (χ3n) is 2.52. The van der Waals surface area contributed by atoms with E-state index < -0.39 is 6.10 Å². The largest absolute Gasteiger partial charge is 0.484 e. The Balaban J connectivity index is 2.25. The van der Waals surface area contributed by atoms with Crippen molar-refractivity contribution in [3.05, 3.63) is 29.8 Å². The van der Waals surface area contributed by atoms with E-state index in [-0.39, 0.29) is 19.1 Å². The van der Waals surface area contributed by atoms with Crippen LogP contribution in [0.3, 0.4) is 0 Å². The van der Waals surface area contributed by atoms with Crippen LogP contribution in [-0.2, 0) is 4.79 Å². The predicted molar refractivity (Wildman–Crippen MR) is 70.6 cm³/mol. The van der Waals surface area contributed by atoms with E-state index in [2.05, 4.69) is 5.32 Å². The highest BCUT2D eigenvalue weighted by atomic mass is 16.5. The van der Waals surface area contributed by atoms with E-state index in [4.69, 9.17) is 4.74 Å². The van der Waals surface area contributed by atoms with Crippen LogP contribution in [0.2, 0.25) is 0 Å². The Kier molecular flexibility index (Phi) is 6.22. The lowest BCUT2D eigenvalue weighted by atomic mass is 10.2. The molecule has 1 rings (SSSR count). The zero-order valence-electron chi connectivity index (χ0n) is 11.0. The maximum atomic E-state index is 11.5. The topological polar surface area (TPSA) is 58.6 Å². The number of carbonyl (C=O) groups is 1. The van der Waals surface area contributed by atoms with Gasteiger partial charge in [-0.3, -0.25) is 4.79 Å². The highest BCUT2D eigenvalue weighted by molar-refractivity contribution is 5.77. The third kappa shape index (κ3) is 5.68. The molecule has 0 aliphatic rings. The molecule has 0 fully saturated rings. The van der Waals surface area contributed by atoms with Gasteiger partial charge in [0.05, 0.1) is 6.10 Å². The summed E-state index contributed by atoms with van der Waals surface area (Å²) in [5.74, 6) is 0.464. The maximum Gasteiger partial charge on any atom is 0.258 e. The highest BCUT2D eigenvalue weighted by Crippen LogP contribution is 2.11. The van der Waals surface area contributed by atoms with Crippen LogP contribution in [0.25, 0.3) is 0 Å². The SMILES string of the molecule is CCCC(O)CNC(=O)COc1cccc(C)c1. The zero-order valence-corrected chi connectivity index (χ0v) is 11.0. The fourth-order valence-corrected chi connectivity index (χ4v) is 1.57. The molecule has 100 valence electrons. The van der Waals surface area contributed by atoms with Crippen molar-refractivity contribution in [2.24, 2.45) is 0 Å². The summed E-state index contributed by atoms with van der Waals surface area (Å²) in [6, 6.07) is 7.53. The van der Waals surface area contributed by atoms with Gasteiger partial charge < -0.3 is 15.2 Å². The maximum absolute atomic E-state index is 11.5. The molecule has 0 saturated heterocycles. The quantitative estimate of drug-likeness (QED) is 0.774. The standard InChI is InChI=1S/C14H21NO3/c1-3-5-12(16)9-15-14(17)10-18-13-7-4-6-11(2)8-13/h4,6-8,12,16H,3,5,9-10H2,1-2H3,(H,15,17). The number of carbonyl (C=O) groups excluding carboxylic acids is 1. The fraction of sp³-hybridized carbons (Fsp3) is 0.500. The second kappa shape index (κ2) is 7.71. The summed E-state index contributed by atoms with van der Waals surface area (Å²) in [4.78, 5) is 11.5. The number of benzene rings is 1. The van der Waals surface area contributed by atoms with Gasteiger partial charge in [-0.25, -0.2) is 0 Å². The van der Waals surface area contributed by atoms with Gasteiger partial charge in [0, 0.05) is 6.54 Å². The van der Waals surface area contributed by atoms with Crippen LogP contribution in [-0.4, -0.2) is 30.3 Å². The number of rotatable bonds is 7. The summed E-state index contributed by atoms with van der Waals surface area (Å²) in [6.45, 7) is 4.21. The van der Waals surface area contributed by atoms with Gasteiger partial charge in [0.2, 0.25) is 0 Å². The minimum absolute atomic E-state index is 0.0255. The molecule has 4 heteroatoms. The van der Waals surface area contributed by atoms with Crippen LogP contribution >= 0.6 is 0 Å². The minimum Gasteiger partial charge on any atom is -0.484 e. The van der Waals surface area contributed by atoms with Gasteiger partial charge in [-0.1, -0.05) is 25.5 Å². The summed E-state index contributed by atoms with van der Waals surface area (Å²) < 4.78 is 5.35. The highest BCUT2D eigenvalue weighted by Gasteiger charge is 2.06. The molecular formula is C14H21NO3. The molecule has 1 atom stereocenters. The minimum atomic E-state index is -0.474. The van der Waals surface area contributed by atoms with Crippen molar-refractivity contribution in [3.63, 3.8) is 0 Å². The first kappa shape index (κ1) is 14.5. The lowest BCUT2D eigenvalue weighted by Crippen LogP contribution is -2.35. The molecule has 0 spiro atoms. The van der Waals surface area contributed by atoms with E-state index in [0.717, 1.165) is 12.0 Å². The molecule has 4 nitrogen and oxygen atoms in total. The Morgan fingerprint density at radius 3 is 2.94 bits per heavy atom. The van der Waals surface area contributed by atoms with E-state index in [9.17, 15) is 9.90 Å². The van der Waals surface area contributed by atoms with Gasteiger partial charge in [0.25, 0.3) is 5.91 Å². The Bertz CT molecular complexity index is 379. The number of amides is 1. The summed E-state index contributed by atoms with van der Waals surface area (Å²) in [6.07, 6.45) is 1.12. The van der Waals surface area contributed by atoms with E-state index >= 15 is 0 Å². The average Bonchev–Trinajstić information content (AvgIpc) is 2.34. The Morgan fingerprint density at radius 1 is 1.50 bits per heavy atom. The van der Waals surface area contributed by atoms with Gasteiger partial charge in [0.1, 0.15) is 5.75 Å². The molecule has 0 radical (unpaired) electrons. The molecule has 0 heterocycles. The van der Waals surface area contributed by atoms with Gasteiger partial charge >= 0.3 is 0 Å². The smallest absolute Gasteiger partial charge is 0.258 e. The number of nitrogens with one attached hydrogen (secondary N) is 1. The summed E-state index contributed by atoms with van der Waals surface area (Å²) in [5.41, 5.74) is 1.09. The molecule has 18 heavy (non-hydrogen) atoms. The second-order valence-corrected chi connectivity index (χ2v) is 4.35. The molecule has 1 aromatic rings. The van der Waals surface area contributed by atoms with E-state index in [0.29, 0.717) is 12.2 Å². The van der Waals surface area contributed by atoms with Crippen molar-refractivity contribution >= 4 is 5.91 Å². The van der Waals surface area contributed by atoms with Crippen LogP contribution in [0.1, 0.15) is 25.3 Å². The van der Waals surface area contributed by atoms with Crippen molar-refractivity contribution < 1.29 is 14.6 Å². The number of aliphatic hydroxyl groups excluding tert-OH is 1. The molecule has 0 aliphatic carbocycles. The van der Waals surface area contributed by atoms with Crippen molar-refractivity contribution in [1.29, 1.82) is 0 Å². The lowest BCUT2D eigenvalue weighted by Gasteiger charge is -2.11. The Labute approximate surface area is 108 Å². The molecule has 1 unspecified atom stereocenters. The van der Waals surface area contributed by atoms with Crippen molar-refractivity contribution in [2.75, 3.05) is 13.2 Å². The second-order valence-electron chi connectivity index (χ2n) is 4.35. The van der Waals surface area contributed by atoms with Crippen LogP contribution in [0.15, 0.2) is 24.3 Å². The van der Waals surface area contributed by atoms with Crippen LogP contribution in [0.4, 0.5) is 0 Å². The number of aliphatic hydroxyl groups is 1. The Morgan fingerprint density at radius 2 is 2.28 bits per heavy atom. The zero-order chi connectivity index (χ0) is 13.4. The van der Waals surface area contributed by atoms with Crippen LogP contribution in [0.5, 0.6) is 5.75 Å². The summed E-state index contributed by atoms with van der Waals surface area (Å²) in [7, 11) is 0. The van der Waals surface area contributed by atoms with E-state index in [1.165, 1.54) is 0 Å². The lowest BCUT2D eigenvalue weighted by molar-refractivity contribution is -0.123. The summed E-state index contributed by atoms with van der Waals surface area (Å²) >= 11 is 0. The molecule has 2 N–H and O–H groups in total. The number of hydrogen-bond acceptors (Lipinski definition) is 3. The first-order chi connectivity index (χ1) is 8.61. The van der Waals surface area contributed by atoms with E-state index in [1.54, 1.807) is 0 Å². The molecule has 0 bridgehead atoms. The normalized spacial score (nSPS) is 11.9. The van der Waals surface area contributed by atoms with Crippen molar-refractivity contribution in [3.8, 4) is 5.75 Å². The van der Waals surface area contributed by atoms with Gasteiger partial charge in [-0.15, -0.1) is 0 Å². The van der Waals surface area contributed by atoms with Gasteiger partial charge in [0.15, 0.2) is 6.61 Å². The van der Waals surface area contributed by atoms with Crippen LogP contribution in [0, 0.1) is 6.92 Å². The number of ether oxygens (including phenoxy) is 1. The molecule has 0 saturated carbocycles. The average molecular weight is 251 g/mol. The molecule has 1 amide bonds. The monoisotopic (exact) mass is 251 g/mol. The van der Waals surface area contributed by atoms with Gasteiger partial charge in [-0.2, -0.15) is 0 Å². The summed E-state index contributed by atoms with van der Waals surface area (Å²) in [5, 5.41) is 12.1.